The summed E-state index contributed by atoms with van der Waals surface area (Å²) in [4.78, 5) is 40.0. The quantitative estimate of drug-likeness (QED) is 0.344. The molecule has 0 saturated heterocycles. The minimum atomic E-state index is -3.84. The molecule has 37 heavy (non-hydrogen) atoms. The minimum absolute atomic E-state index is 0.0207. The van der Waals surface area contributed by atoms with Gasteiger partial charge in [-0.15, -0.1) is 11.3 Å². The SMILES string of the molecule is CCN1CCc2c(sc(NC(=O)c3ccc(S(=O)(=O)N(C)c4ccccc4)cc3)c2C(=O)OC(N)=O)C1. The number of carbonyl (C=O) groups excluding carboxylic acids is 3. The van der Waals surface area contributed by atoms with E-state index in [1.165, 1.54) is 42.6 Å². The molecule has 12 heteroatoms. The van der Waals surface area contributed by atoms with Crippen molar-refractivity contribution in [1.82, 2.24) is 4.90 Å². The molecule has 2 aromatic carbocycles. The molecule has 2 amide bonds. The lowest BCUT2D eigenvalue weighted by molar-refractivity contribution is 0.0638. The molecule has 0 radical (unpaired) electrons. The van der Waals surface area contributed by atoms with Crippen molar-refractivity contribution in [1.29, 1.82) is 0 Å². The first-order valence-corrected chi connectivity index (χ1v) is 13.7. The van der Waals surface area contributed by atoms with Gasteiger partial charge in [0, 0.05) is 30.6 Å². The number of anilines is 2. The molecule has 3 N–H and O–H groups in total. The summed E-state index contributed by atoms with van der Waals surface area (Å²) in [5.41, 5.74) is 6.58. The van der Waals surface area contributed by atoms with Crippen molar-refractivity contribution in [2.75, 3.05) is 29.8 Å². The molecule has 3 aromatic rings. The number of sulfonamides is 1. The van der Waals surface area contributed by atoms with Crippen LogP contribution in [-0.4, -0.2) is 51.4 Å². The van der Waals surface area contributed by atoms with E-state index in [-0.39, 0.29) is 21.0 Å². The monoisotopic (exact) mass is 542 g/mol. The lowest BCUT2D eigenvalue weighted by Gasteiger charge is -2.25. The maximum atomic E-state index is 13.0. The zero-order valence-corrected chi connectivity index (χ0v) is 21.9. The summed E-state index contributed by atoms with van der Waals surface area (Å²) in [6.07, 6.45) is -0.675. The van der Waals surface area contributed by atoms with E-state index in [2.05, 4.69) is 15.0 Å². The third-order valence-corrected chi connectivity index (χ3v) is 9.03. The van der Waals surface area contributed by atoms with Crippen LogP contribution in [0.5, 0.6) is 0 Å². The van der Waals surface area contributed by atoms with Gasteiger partial charge in [-0.25, -0.2) is 18.0 Å². The average Bonchev–Trinajstić information content (AvgIpc) is 3.25. The number of para-hydroxylation sites is 1. The highest BCUT2D eigenvalue weighted by atomic mass is 32.2. The number of hydrogen-bond acceptors (Lipinski definition) is 8. The van der Waals surface area contributed by atoms with Crippen LogP contribution in [0.15, 0.2) is 59.5 Å². The molecule has 0 fully saturated rings. The second kappa shape index (κ2) is 10.7. The van der Waals surface area contributed by atoms with Gasteiger partial charge >= 0.3 is 12.1 Å². The predicted octanol–water partition coefficient (Wildman–Crippen LogP) is 3.44. The summed E-state index contributed by atoms with van der Waals surface area (Å²) in [6, 6.07) is 14.1. The van der Waals surface area contributed by atoms with E-state index in [4.69, 9.17) is 5.73 Å². The van der Waals surface area contributed by atoms with Crippen molar-refractivity contribution in [3.63, 3.8) is 0 Å². The first-order valence-electron chi connectivity index (χ1n) is 11.5. The van der Waals surface area contributed by atoms with Crippen LogP contribution in [0.4, 0.5) is 15.5 Å². The molecule has 0 saturated carbocycles. The zero-order chi connectivity index (χ0) is 26.7. The Labute approximate surface area is 218 Å². The standard InChI is InChI=1S/C25H26N4O6S2/c1-3-29-14-13-19-20(15-29)36-23(21(19)24(31)35-25(26)32)27-22(30)16-9-11-18(12-10-16)37(33,34)28(2)17-7-5-4-6-8-17/h4-12H,3,13-15H2,1-2H3,(H2,26,32)(H,27,30). The van der Waals surface area contributed by atoms with E-state index >= 15 is 0 Å². The topological polar surface area (TPSA) is 139 Å². The number of ether oxygens (including phenoxy) is 1. The Hall–Kier alpha value is -3.74. The summed E-state index contributed by atoms with van der Waals surface area (Å²) < 4.78 is 31.8. The first kappa shape index (κ1) is 26.3. The Bertz CT molecular complexity index is 1440. The van der Waals surface area contributed by atoms with E-state index in [1.54, 1.807) is 30.3 Å². The molecular formula is C25H26N4O6S2. The molecule has 1 aromatic heterocycles. The van der Waals surface area contributed by atoms with Crippen LogP contribution < -0.4 is 15.4 Å². The number of esters is 1. The lowest BCUT2D eigenvalue weighted by atomic mass is 10.0. The Morgan fingerprint density at radius 3 is 2.41 bits per heavy atom. The van der Waals surface area contributed by atoms with Crippen LogP contribution in [0.3, 0.4) is 0 Å². The number of thiophene rings is 1. The molecule has 0 unspecified atom stereocenters. The molecule has 0 aliphatic carbocycles. The molecule has 10 nitrogen and oxygen atoms in total. The Morgan fingerprint density at radius 1 is 1.11 bits per heavy atom. The first-order chi connectivity index (χ1) is 17.6. The highest BCUT2D eigenvalue weighted by molar-refractivity contribution is 7.92. The molecule has 0 bridgehead atoms. The van der Waals surface area contributed by atoms with Crippen LogP contribution in [0, 0.1) is 0 Å². The largest absolute Gasteiger partial charge is 0.412 e. The van der Waals surface area contributed by atoms with Crippen LogP contribution >= 0.6 is 11.3 Å². The maximum Gasteiger partial charge on any atom is 0.412 e. The Morgan fingerprint density at radius 2 is 1.78 bits per heavy atom. The van der Waals surface area contributed by atoms with Crippen LogP contribution in [-0.2, 0) is 27.7 Å². The van der Waals surface area contributed by atoms with E-state index in [9.17, 15) is 22.8 Å². The Kier molecular flexibility index (Phi) is 7.62. The van der Waals surface area contributed by atoms with Gasteiger partial charge in [-0.1, -0.05) is 25.1 Å². The number of hydrogen-bond donors (Lipinski definition) is 2. The van der Waals surface area contributed by atoms with Crippen molar-refractivity contribution in [2.45, 2.75) is 24.8 Å². The van der Waals surface area contributed by atoms with Crippen molar-refractivity contribution >= 4 is 50.0 Å². The highest BCUT2D eigenvalue weighted by Gasteiger charge is 2.30. The number of rotatable bonds is 7. The number of carbonyl (C=O) groups is 3. The molecular weight excluding hydrogens is 516 g/mol. The number of benzene rings is 2. The fraction of sp³-hybridized carbons (Fsp3) is 0.240. The molecule has 0 spiro atoms. The van der Waals surface area contributed by atoms with Gasteiger partial charge in [0.1, 0.15) is 5.00 Å². The van der Waals surface area contributed by atoms with Gasteiger partial charge in [0.2, 0.25) is 0 Å². The fourth-order valence-electron chi connectivity index (χ4n) is 4.06. The summed E-state index contributed by atoms with van der Waals surface area (Å²) in [5.74, 6) is -1.46. The predicted molar refractivity (Wildman–Crippen MR) is 140 cm³/mol. The van der Waals surface area contributed by atoms with E-state index in [0.717, 1.165) is 27.8 Å². The molecule has 1 aliphatic heterocycles. The highest BCUT2D eigenvalue weighted by Crippen LogP contribution is 2.38. The number of likely N-dealkylation sites (N-methyl/N-ethyl adjacent to an activating group) is 1. The van der Waals surface area contributed by atoms with Gasteiger partial charge in [-0.05, 0) is 54.9 Å². The number of primary amides is 1. The summed E-state index contributed by atoms with van der Waals surface area (Å²) in [6.45, 7) is 4.18. The number of fused-ring (bicyclic) bond motifs is 1. The van der Waals surface area contributed by atoms with Gasteiger partial charge in [-0.3, -0.25) is 14.0 Å². The van der Waals surface area contributed by atoms with Gasteiger partial charge < -0.3 is 15.8 Å². The van der Waals surface area contributed by atoms with Crippen LogP contribution in [0.25, 0.3) is 0 Å². The summed E-state index contributed by atoms with van der Waals surface area (Å²) in [7, 11) is -2.38. The second-order valence-corrected chi connectivity index (χ2v) is 11.4. The van der Waals surface area contributed by atoms with Crippen molar-refractivity contribution in [2.24, 2.45) is 5.73 Å². The lowest BCUT2D eigenvalue weighted by Crippen LogP contribution is -2.30. The molecule has 0 atom stereocenters. The van der Waals surface area contributed by atoms with Gasteiger partial charge in [0.05, 0.1) is 16.1 Å². The summed E-state index contributed by atoms with van der Waals surface area (Å²) >= 11 is 1.24. The summed E-state index contributed by atoms with van der Waals surface area (Å²) in [5, 5.41) is 2.98. The smallest absolute Gasteiger partial charge is 0.373 e. The number of nitrogens with two attached hydrogens (primary N) is 1. The number of nitrogens with one attached hydrogen (secondary N) is 1. The number of nitrogens with zero attached hydrogens (tertiary/aromatic N) is 2. The van der Waals surface area contributed by atoms with Gasteiger partial charge in [0.15, 0.2) is 0 Å². The third kappa shape index (κ3) is 5.50. The minimum Gasteiger partial charge on any atom is -0.373 e. The molecule has 4 rings (SSSR count). The third-order valence-electron chi connectivity index (χ3n) is 6.10. The van der Waals surface area contributed by atoms with E-state index in [0.29, 0.717) is 18.7 Å². The Balaban J connectivity index is 1.58. The van der Waals surface area contributed by atoms with Crippen molar-refractivity contribution in [3.05, 3.63) is 76.2 Å². The average molecular weight is 543 g/mol. The molecule has 194 valence electrons. The normalized spacial score (nSPS) is 13.5. The van der Waals surface area contributed by atoms with E-state index in [1.807, 2.05) is 6.92 Å². The van der Waals surface area contributed by atoms with E-state index < -0.39 is 28.0 Å². The zero-order valence-electron chi connectivity index (χ0n) is 20.3. The van der Waals surface area contributed by atoms with Crippen LogP contribution in [0.2, 0.25) is 0 Å². The second-order valence-electron chi connectivity index (χ2n) is 8.32. The fourth-order valence-corrected chi connectivity index (χ4v) is 6.53. The van der Waals surface area contributed by atoms with Crippen molar-refractivity contribution in [3.8, 4) is 0 Å². The van der Waals surface area contributed by atoms with Gasteiger partial charge in [0.25, 0.3) is 15.9 Å². The maximum absolute atomic E-state index is 13.0. The van der Waals surface area contributed by atoms with Gasteiger partial charge in [-0.2, -0.15) is 0 Å². The molecule has 1 aliphatic rings. The number of amides is 2. The molecule has 2 heterocycles. The van der Waals surface area contributed by atoms with Crippen LogP contribution in [0.1, 0.15) is 38.1 Å². The van der Waals surface area contributed by atoms with Crippen molar-refractivity contribution < 1.29 is 27.5 Å².